The molecule has 1 fully saturated rings. The molecule has 0 bridgehead atoms. The molecule has 1 aliphatic heterocycles. The lowest BCUT2D eigenvalue weighted by Crippen LogP contribution is -2.17. The predicted octanol–water partition coefficient (Wildman–Crippen LogP) is 4.02. The molecule has 1 aromatic carbocycles. The standard InChI is InChI=1S/C20H12N2O2S2/c1-12-4-2-3-5-13(12)6-7-14-10-21-11-15-8-16(24-18(14)15)9-17-19(23)22-20(25)26-17/h2-5,8-11H,1H3,(H,22,23,25). The van der Waals surface area contributed by atoms with Gasteiger partial charge in [-0.2, -0.15) is 0 Å². The number of benzene rings is 1. The molecule has 0 unspecified atom stereocenters. The van der Waals surface area contributed by atoms with Crippen molar-refractivity contribution in [3.05, 3.63) is 70.1 Å². The van der Waals surface area contributed by atoms with E-state index in [1.807, 2.05) is 37.3 Å². The van der Waals surface area contributed by atoms with Gasteiger partial charge in [0.15, 0.2) is 5.58 Å². The zero-order valence-electron chi connectivity index (χ0n) is 13.7. The van der Waals surface area contributed by atoms with Crippen LogP contribution in [0.1, 0.15) is 22.5 Å². The summed E-state index contributed by atoms with van der Waals surface area (Å²) >= 11 is 6.22. The molecular weight excluding hydrogens is 364 g/mol. The van der Waals surface area contributed by atoms with Crippen LogP contribution in [0.3, 0.4) is 0 Å². The van der Waals surface area contributed by atoms with Gasteiger partial charge in [0.25, 0.3) is 5.91 Å². The van der Waals surface area contributed by atoms with Crippen LogP contribution in [-0.2, 0) is 4.79 Å². The maximum Gasteiger partial charge on any atom is 0.263 e. The average Bonchev–Trinajstić information content (AvgIpc) is 3.17. The minimum absolute atomic E-state index is 0.210. The Hall–Kier alpha value is -2.88. The minimum Gasteiger partial charge on any atom is -0.455 e. The number of thiocarbonyl (C=S) groups is 1. The van der Waals surface area contributed by atoms with Crippen molar-refractivity contribution in [3.63, 3.8) is 0 Å². The molecular formula is C20H12N2O2S2. The van der Waals surface area contributed by atoms with E-state index in [4.69, 9.17) is 16.6 Å². The summed E-state index contributed by atoms with van der Waals surface area (Å²) in [7, 11) is 0. The monoisotopic (exact) mass is 376 g/mol. The van der Waals surface area contributed by atoms with E-state index in [2.05, 4.69) is 22.1 Å². The van der Waals surface area contributed by atoms with Crippen molar-refractivity contribution in [2.24, 2.45) is 0 Å². The first-order valence-electron chi connectivity index (χ1n) is 7.80. The second kappa shape index (κ2) is 6.79. The summed E-state index contributed by atoms with van der Waals surface area (Å²) in [6.07, 6.45) is 5.07. The maximum atomic E-state index is 11.8. The molecule has 2 aromatic heterocycles. The van der Waals surface area contributed by atoms with E-state index in [9.17, 15) is 4.79 Å². The second-order valence-corrected chi connectivity index (χ2v) is 7.39. The molecule has 1 amide bonds. The van der Waals surface area contributed by atoms with E-state index >= 15 is 0 Å². The van der Waals surface area contributed by atoms with Crippen LogP contribution in [0.25, 0.3) is 17.0 Å². The highest BCUT2D eigenvalue weighted by Crippen LogP contribution is 2.29. The van der Waals surface area contributed by atoms with Crippen molar-refractivity contribution >= 4 is 51.3 Å². The number of hydrogen-bond donors (Lipinski definition) is 1. The number of nitrogens with zero attached hydrogens (tertiary/aromatic N) is 1. The van der Waals surface area contributed by atoms with Gasteiger partial charge >= 0.3 is 0 Å². The zero-order chi connectivity index (χ0) is 18.1. The van der Waals surface area contributed by atoms with Crippen molar-refractivity contribution in [1.82, 2.24) is 10.3 Å². The van der Waals surface area contributed by atoms with Crippen LogP contribution in [0.15, 0.2) is 52.0 Å². The number of nitrogens with one attached hydrogen (secondary N) is 1. The first kappa shape index (κ1) is 16.6. The van der Waals surface area contributed by atoms with Crippen LogP contribution < -0.4 is 5.32 Å². The fourth-order valence-corrected chi connectivity index (χ4v) is 3.56. The third-order valence-corrected chi connectivity index (χ3v) is 5.00. The van der Waals surface area contributed by atoms with Gasteiger partial charge in [-0.15, -0.1) is 0 Å². The Bertz CT molecular complexity index is 1150. The summed E-state index contributed by atoms with van der Waals surface area (Å²) in [5.74, 6) is 6.66. The third kappa shape index (κ3) is 3.27. The average molecular weight is 376 g/mol. The molecule has 0 spiro atoms. The summed E-state index contributed by atoms with van der Waals surface area (Å²) in [5.41, 5.74) is 3.43. The number of carbonyl (C=O) groups excluding carboxylic acids is 1. The molecule has 0 atom stereocenters. The SMILES string of the molecule is Cc1ccccc1C#Cc1cncc2cc(C=C3SC(=S)NC3=O)oc12. The molecule has 1 N–H and O–H groups in total. The van der Waals surface area contributed by atoms with Gasteiger partial charge in [0.05, 0.1) is 10.5 Å². The van der Waals surface area contributed by atoms with Gasteiger partial charge in [-0.25, -0.2) is 0 Å². The molecule has 4 rings (SSSR count). The molecule has 0 radical (unpaired) electrons. The Morgan fingerprint density at radius 3 is 2.81 bits per heavy atom. The van der Waals surface area contributed by atoms with E-state index in [1.165, 1.54) is 11.8 Å². The van der Waals surface area contributed by atoms with E-state index in [0.29, 0.717) is 26.1 Å². The largest absolute Gasteiger partial charge is 0.455 e. The van der Waals surface area contributed by atoms with Gasteiger partial charge in [0.1, 0.15) is 10.1 Å². The number of aromatic nitrogens is 1. The van der Waals surface area contributed by atoms with Crippen molar-refractivity contribution < 1.29 is 9.21 Å². The lowest BCUT2D eigenvalue weighted by Gasteiger charge is -1.95. The van der Waals surface area contributed by atoms with Gasteiger partial charge in [0.2, 0.25) is 0 Å². The molecule has 6 heteroatoms. The Balaban J connectivity index is 1.73. The first-order chi connectivity index (χ1) is 12.6. The van der Waals surface area contributed by atoms with Crippen LogP contribution in [0.5, 0.6) is 0 Å². The Morgan fingerprint density at radius 2 is 2.04 bits per heavy atom. The van der Waals surface area contributed by atoms with E-state index < -0.39 is 0 Å². The minimum atomic E-state index is -0.210. The summed E-state index contributed by atoms with van der Waals surface area (Å²) in [6, 6.07) is 9.78. The van der Waals surface area contributed by atoms with Gasteiger partial charge < -0.3 is 9.73 Å². The lowest BCUT2D eigenvalue weighted by atomic mass is 10.1. The third-order valence-electron chi connectivity index (χ3n) is 3.83. The van der Waals surface area contributed by atoms with Crippen molar-refractivity contribution in [2.45, 2.75) is 6.92 Å². The fourth-order valence-electron chi connectivity index (χ4n) is 2.54. The number of rotatable bonds is 1. The van der Waals surface area contributed by atoms with Gasteiger partial charge in [-0.1, -0.05) is 54.0 Å². The number of aryl methyl sites for hydroxylation is 1. The smallest absolute Gasteiger partial charge is 0.263 e. The van der Waals surface area contributed by atoms with E-state index in [1.54, 1.807) is 18.5 Å². The molecule has 0 saturated carbocycles. The highest BCUT2D eigenvalue weighted by Gasteiger charge is 2.22. The van der Waals surface area contributed by atoms with Gasteiger partial charge in [-0.05, 0) is 24.6 Å². The van der Waals surface area contributed by atoms with Crippen LogP contribution in [0.4, 0.5) is 0 Å². The fraction of sp³-hybridized carbons (Fsp3) is 0.0500. The lowest BCUT2D eigenvalue weighted by molar-refractivity contribution is -0.115. The van der Waals surface area contributed by atoms with Crippen LogP contribution in [0, 0.1) is 18.8 Å². The molecule has 0 aliphatic carbocycles. The zero-order valence-corrected chi connectivity index (χ0v) is 15.3. The summed E-state index contributed by atoms with van der Waals surface area (Å²) in [5, 5.41) is 3.42. The number of thioether (sulfide) groups is 1. The molecule has 3 aromatic rings. The van der Waals surface area contributed by atoms with Crippen LogP contribution in [-0.4, -0.2) is 15.2 Å². The summed E-state index contributed by atoms with van der Waals surface area (Å²) in [4.78, 5) is 16.5. The van der Waals surface area contributed by atoms with E-state index in [0.717, 1.165) is 16.5 Å². The maximum absolute atomic E-state index is 11.8. The molecule has 3 heterocycles. The predicted molar refractivity (Wildman–Crippen MR) is 107 cm³/mol. The van der Waals surface area contributed by atoms with Gasteiger partial charge in [-0.3, -0.25) is 9.78 Å². The van der Waals surface area contributed by atoms with Crippen LogP contribution >= 0.6 is 24.0 Å². The number of carbonyl (C=O) groups is 1. The topological polar surface area (TPSA) is 55.1 Å². The number of amides is 1. The van der Waals surface area contributed by atoms with Crippen LogP contribution in [0.2, 0.25) is 0 Å². The second-order valence-electron chi connectivity index (χ2n) is 5.67. The number of fused-ring (bicyclic) bond motifs is 1. The van der Waals surface area contributed by atoms with Crippen molar-refractivity contribution in [3.8, 4) is 11.8 Å². The molecule has 1 aliphatic rings. The highest BCUT2D eigenvalue weighted by molar-refractivity contribution is 8.26. The number of hydrogen-bond acceptors (Lipinski definition) is 5. The van der Waals surface area contributed by atoms with E-state index in [-0.39, 0.29) is 5.91 Å². The van der Waals surface area contributed by atoms with Crippen molar-refractivity contribution in [1.29, 1.82) is 0 Å². The van der Waals surface area contributed by atoms with Crippen molar-refractivity contribution in [2.75, 3.05) is 0 Å². The Kier molecular flexibility index (Phi) is 4.33. The normalized spacial score (nSPS) is 15.2. The molecule has 1 saturated heterocycles. The highest BCUT2D eigenvalue weighted by atomic mass is 32.2. The summed E-state index contributed by atoms with van der Waals surface area (Å²) in [6.45, 7) is 2.02. The Labute approximate surface area is 159 Å². The first-order valence-corrected chi connectivity index (χ1v) is 9.03. The number of furan rings is 1. The molecule has 4 nitrogen and oxygen atoms in total. The number of pyridine rings is 1. The Morgan fingerprint density at radius 1 is 1.23 bits per heavy atom. The molecule has 26 heavy (non-hydrogen) atoms. The molecule has 126 valence electrons. The quantitative estimate of drug-likeness (QED) is 0.395. The van der Waals surface area contributed by atoms with Gasteiger partial charge in [0, 0.05) is 29.4 Å². The summed E-state index contributed by atoms with van der Waals surface area (Å²) < 4.78 is 6.36.